The van der Waals surface area contributed by atoms with Gasteiger partial charge in [0.15, 0.2) is 0 Å². The smallest absolute Gasteiger partial charge is 0.397 e. The minimum absolute atomic E-state index is 0.103. The molecule has 1 rings (SSSR count). The van der Waals surface area contributed by atoms with Crippen molar-refractivity contribution in [3.8, 4) is 0 Å². The van der Waals surface area contributed by atoms with E-state index in [1.54, 1.807) is 0 Å². The van der Waals surface area contributed by atoms with E-state index in [4.69, 9.17) is 17.3 Å². The number of nitrogens with zero attached hydrogens (tertiary/aromatic N) is 1. The standard InChI is InChI=1S/C7H6ClF3N2/c8-1-4-2-13-3-5(12)6(4)7(9,10)11/h2-3H,1,12H2. The summed E-state index contributed by atoms with van der Waals surface area (Å²) in [6.07, 6.45) is -2.46. The van der Waals surface area contributed by atoms with Gasteiger partial charge in [-0.3, -0.25) is 4.98 Å². The molecule has 1 heterocycles. The average molecular weight is 211 g/mol. The molecule has 0 unspecified atom stereocenters. The van der Waals surface area contributed by atoms with Crippen LogP contribution < -0.4 is 5.73 Å². The summed E-state index contributed by atoms with van der Waals surface area (Å²) in [7, 11) is 0. The van der Waals surface area contributed by atoms with Crippen molar-refractivity contribution in [1.29, 1.82) is 0 Å². The molecule has 0 aliphatic carbocycles. The van der Waals surface area contributed by atoms with Gasteiger partial charge in [0.05, 0.1) is 17.4 Å². The Bertz CT molecular complexity index is 311. The lowest BCUT2D eigenvalue weighted by atomic mass is 10.1. The van der Waals surface area contributed by atoms with E-state index in [1.165, 1.54) is 0 Å². The highest BCUT2D eigenvalue weighted by atomic mass is 35.5. The molecule has 6 heteroatoms. The molecule has 72 valence electrons. The molecule has 1 aromatic rings. The lowest BCUT2D eigenvalue weighted by molar-refractivity contribution is -0.137. The molecule has 0 atom stereocenters. The van der Waals surface area contributed by atoms with Crippen molar-refractivity contribution in [2.24, 2.45) is 0 Å². The molecule has 0 radical (unpaired) electrons. The van der Waals surface area contributed by atoms with E-state index in [-0.39, 0.29) is 11.4 Å². The van der Waals surface area contributed by atoms with Crippen LogP contribution >= 0.6 is 11.6 Å². The summed E-state index contributed by atoms with van der Waals surface area (Å²) in [6.45, 7) is 0. The van der Waals surface area contributed by atoms with Crippen LogP contribution in [0.2, 0.25) is 0 Å². The third-order valence-corrected chi connectivity index (χ3v) is 1.77. The van der Waals surface area contributed by atoms with Crippen LogP contribution in [-0.4, -0.2) is 4.98 Å². The minimum Gasteiger partial charge on any atom is -0.397 e. The first-order valence-electron chi connectivity index (χ1n) is 3.32. The zero-order valence-electron chi connectivity index (χ0n) is 6.40. The normalized spacial score (nSPS) is 11.7. The summed E-state index contributed by atoms with van der Waals surface area (Å²) in [6, 6.07) is 0. The van der Waals surface area contributed by atoms with Gasteiger partial charge in [0.2, 0.25) is 0 Å². The predicted molar refractivity (Wildman–Crippen MR) is 43.2 cm³/mol. The zero-order chi connectivity index (χ0) is 10.1. The first-order valence-corrected chi connectivity index (χ1v) is 3.85. The Morgan fingerprint density at radius 3 is 2.38 bits per heavy atom. The second-order valence-corrected chi connectivity index (χ2v) is 2.66. The number of halogens is 4. The van der Waals surface area contributed by atoms with Crippen molar-refractivity contribution in [1.82, 2.24) is 4.98 Å². The summed E-state index contributed by atoms with van der Waals surface area (Å²) >= 11 is 5.31. The zero-order valence-corrected chi connectivity index (χ0v) is 7.15. The average Bonchev–Trinajstić information content (AvgIpc) is 2.01. The van der Waals surface area contributed by atoms with Crippen LogP contribution in [0.25, 0.3) is 0 Å². The van der Waals surface area contributed by atoms with E-state index in [2.05, 4.69) is 4.98 Å². The molecule has 0 aliphatic rings. The van der Waals surface area contributed by atoms with Gasteiger partial charge in [-0.2, -0.15) is 13.2 Å². The first-order chi connectivity index (χ1) is 5.96. The number of hydrogen-bond acceptors (Lipinski definition) is 2. The highest BCUT2D eigenvalue weighted by Crippen LogP contribution is 2.35. The molecule has 13 heavy (non-hydrogen) atoms. The van der Waals surface area contributed by atoms with E-state index in [0.29, 0.717) is 0 Å². The summed E-state index contributed by atoms with van der Waals surface area (Å²) in [4.78, 5) is 3.52. The van der Waals surface area contributed by atoms with Gasteiger partial charge in [-0.15, -0.1) is 11.6 Å². The molecule has 0 amide bonds. The Morgan fingerprint density at radius 2 is 2.00 bits per heavy atom. The Labute approximate surface area is 77.5 Å². The van der Waals surface area contributed by atoms with Crippen LogP contribution in [0.1, 0.15) is 11.1 Å². The number of rotatable bonds is 1. The van der Waals surface area contributed by atoms with Crippen LogP contribution in [0.3, 0.4) is 0 Å². The third kappa shape index (κ3) is 2.03. The fraction of sp³-hybridized carbons (Fsp3) is 0.286. The van der Waals surface area contributed by atoms with Crippen molar-refractivity contribution in [3.63, 3.8) is 0 Å². The highest BCUT2D eigenvalue weighted by Gasteiger charge is 2.35. The van der Waals surface area contributed by atoms with Gasteiger partial charge in [0.25, 0.3) is 0 Å². The number of hydrogen-bond donors (Lipinski definition) is 1. The van der Waals surface area contributed by atoms with Crippen LogP contribution in [0.15, 0.2) is 12.4 Å². The van der Waals surface area contributed by atoms with Gasteiger partial charge in [0, 0.05) is 12.1 Å². The summed E-state index contributed by atoms with van der Waals surface area (Å²) < 4.78 is 37.0. The number of pyridine rings is 1. The van der Waals surface area contributed by atoms with E-state index in [1.807, 2.05) is 0 Å². The van der Waals surface area contributed by atoms with Crippen molar-refractivity contribution in [2.75, 3.05) is 5.73 Å². The lowest BCUT2D eigenvalue weighted by Crippen LogP contribution is -2.12. The number of nitrogen functional groups attached to an aromatic ring is 1. The molecular formula is C7H6ClF3N2. The third-order valence-electron chi connectivity index (χ3n) is 1.48. The molecule has 0 bridgehead atoms. The number of anilines is 1. The highest BCUT2D eigenvalue weighted by molar-refractivity contribution is 6.17. The van der Waals surface area contributed by atoms with Crippen LogP contribution in [0.5, 0.6) is 0 Å². The van der Waals surface area contributed by atoms with Crippen LogP contribution in [0.4, 0.5) is 18.9 Å². The summed E-state index contributed by atoms with van der Waals surface area (Å²) in [5.74, 6) is -0.257. The summed E-state index contributed by atoms with van der Waals surface area (Å²) in [5.41, 5.74) is 3.75. The van der Waals surface area contributed by atoms with Crippen molar-refractivity contribution >= 4 is 17.3 Å². The van der Waals surface area contributed by atoms with Gasteiger partial charge < -0.3 is 5.73 Å². The van der Waals surface area contributed by atoms with E-state index in [0.717, 1.165) is 12.4 Å². The van der Waals surface area contributed by atoms with Crippen molar-refractivity contribution in [2.45, 2.75) is 12.1 Å². The molecule has 0 fully saturated rings. The first kappa shape index (κ1) is 10.1. The predicted octanol–water partition coefficient (Wildman–Crippen LogP) is 2.42. The second-order valence-electron chi connectivity index (χ2n) is 2.39. The maximum atomic E-state index is 12.3. The van der Waals surface area contributed by atoms with Gasteiger partial charge in [-0.05, 0) is 5.56 Å². The Balaban J connectivity index is 3.32. The van der Waals surface area contributed by atoms with Crippen molar-refractivity contribution < 1.29 is 13.2 Å². The Hall–Kier alpha value is -0.970. The molecule has 0 aliphatic heterocycles. The molecule has 2 nitrogen and oxygen atoms in total. The van der Waals surface area contributed by atoms with E-state index in [9.17, 15) is 13.2 Å². The van der Waals surface area contributed by atoms with E-state index < -0.39 is 17.4 Å². The fourth-order valence-corrected chi connectivity index (χ4v) is 1.17. The number of alkyl halides is 4. The molecule has 0 saturated heterocycles. The largest absolute Gasteiger partial charge is 0.418 e. The SMILES string of the molecule is Nc1cncc(CCl)c1C(F)(F)F. The molecule has 0 spiro atoms. The summed E-state index contributed by atoms with van der Waals surface area (Å²) in [5, 5.41) is 0. The minimum atomic E-state index is -4.47. The maximum absolute atomic E-state index is 12.3. The fourth-order valence-electron chi connectivity index (χ4n) is 0.969. The van der Waals surface area contributed by atoms with Gasteiger partial charge >= 0.3 is 6.18 Å². The van der Waals surface area contributed by atoms with Gasteiger partial charge in [0.1, 0.15) is 0 Å². The monoisotopic (exact) mass is 210 g/mol. The van der Waals surface area contributed by atoms with Gasteiger partial charge in [-0.1, -0.05) is 0 Å². The van der Waals surface area contributed by atoms with E-state index >= 15 is 0 Å². The number of nitrogens with two attached hydrogens (primary N) is 1. The van der Waals surface area contributed by atoms with Crippen LogP contribution in [0, 0.1) is 0 Å². The quantitative estimate of drug-likeness (QED) is 0.723. The Morgan fingerprint density at radius 1 is 1.38 bits per heavy atom. The van der Waals surface area contributed by atoms with Crippen molar-refractivity contribution in [3.05, 3.63) is 23.5 Å². The maximum Gasteiger partial charge on any atom is 0.418 e. The number of aromatic nitrogens is 1. The molecule has 2 N–H and O–H groups in total. The Kier molecular flexibility index (Phi) is 2.66. The van der Waals surface area contributed by atoms with Gasteiger partial charge in [-0.25, -0.2) is 0 Å². The molecule has 0 saturated carbocycles. The molecular weight excluding hydrogens is 205 g/mol. The lowest BCUT2D eigenvalue weighted by Gasteiger charge is -2.12. The molecule has 0 aromatic carbocycles. The topological polar surface area (TPSA) is 38.9 Å². The second kappa shape index (κ2) is 3.41. The van der Waals surface area contributed by atoms with Crippen LogP contribution in [-0.2, 0) is 12.1 Å². The molecule has 1 aromatic heterocycles.